The summed E-state index contributed by atoms with van der Waals surface area (Å²) in [6, 6.07) is 13.4. The molecule has 2 aromatic carbocycles. The van der Waals surface area contributed by atoms with Crippen molar-refractivity contribution in [1.29, 1.82) is 0 Å². The molecule has 0 saturated carbocycles. The lowest BCUT2D eigenvalue weighted by atomic mass is 10.1. The van der Waals surface area contributed by atoms with E-state index in [0.717, 1.165) is 30.2 Å². The summed E-state index contributed by atoms with van der Waals surface area (Å²) in [6.45, 7) is 3.93. The highest BCUT2D eigenvalue weighted by Gasteiger charge is 2.22. The number of para-hydroxylation sites is 1. The number of phenolic OH excluding ortho intramolecular Hbond substituents is 1. The van der Waals surface area contributed by atoms with Gasteiger partial charge in [0.15, 0.2) is 17.5 Å². The molecule has 1 heterocycles. The predicted molar refractivity (Wildman–Crippen MR) is 102 cm³/mol. The molecule has 0 aromatic heterocycles. The Hall–Kier alpha value is -2.89. The second kappa shape index (κ2) is 8.47. The standard InChI is InChI=1S/C20H25N3O3/c1-3-21-20(22-12-14-8-9-19(25-2)17(24)10-14)23-13-16-11-15-6-4-5-7-18(15)26-16/h4-10,16,24H,3,11-13H2,1-2H3,(H2,21,22,23). The van der Waals surface area contributed by atoms with Crippen LogP contribution in [0.4, 0.5) is 0 Å². The van der Waals surface area contributed by atoms with Gasteiger partial charge in [-0.2, -0.15) is 0 Å². The van der Waals surface area contributed by atoms with E-state index in [2.05, 4.69) is 21.7 Å². The Balaban J connectivity index is 1.57. The first-order chi connectivity index (χ1) is 12.7. The van der Waals surface area contributed by atoms with Crippen molar-refractivity contribution in [1.82, 2.24) is 10.6 Å². The minimum atomic E-state index is 0.0984. The van der Waals surface area contributed by atoms with Crippen molar-refractivity contribution in [2.24, 2.45) is 4.99 Å². The van der Waals surface area contributed by atoms with Crippen molar-refractivity contribution in [3.8, 4) is 17.2 Å². The largest absolute Gasteiger partial charge is 0.504 e. The van der Waals surface area contributed by atoms with Crippen molar-refractivity contribution in [3.05, 3.63) is 53.6 Å². The minimum absolute atomic E-state index is 0.0984. The van der Waals surface area contributed by atoms with Crippen molar-refractivity contribution in [2.45, 2.75) is 26.0 Å². The maximum atomic E-state index is 9.87. The molecule has 1 unspecified atom stereocenters. The number of phenols is 1. The third-order valence-electron chi connectivity index (χ3n) is 4.22. The number of aromatic hydroxyl groups is 1. The van der Waals surface area contributed by atoms with Gasteiger partial charge in [-0.1, -0.05) is 24.3 Å². The lowest BCUT2D eigenvalue weighted by molar-refractivity contribution is 0.235. The smallest absolute Gasteiger partial charge is 0.191 e. The van der Waals surface area contributed by atoms with Gasteiger partial charge in [-0.25, -0.2) is 4.99 Å². The average molecular weight is 355 g/mol. The number of ether oxygens (including phenoxy) is 2. The Morgan fingerprint density at radius 3 is 2.85 bits per heavy atom. The van der Waals surface area contributed by atoms with Crippen LogP contribution >= 0.6 is 0 Å². The summed E-state index contributed by atoms with van der Waals surface area (Å²) in [6.07, 6.45) is 0.996. The Bertz CT molecular complexity index is 752. The molecule has 1 aliphatic heterocycles. The van der Waals surface area contributed by atoms with Gasteiger partial charge in [-0.15, -0.1) is 0 Å². The van der Waals surface area contributed by atoms with Crippen molar-refractivity contribution in [2.75, 3.05) is 20.2 Å². The maximum absolute atomic E-state index is 9.87. The molecular formula is C20H25N3O3. The van der Waals surface area contributed by atoms with E-state index in [9.17, 15) is 5.11 Å². The summed E-state index contributed by atoms with van der Waals surface area (Å²) in [7, 11) is 1.53. The van der Waals surface area contributed by atoms with Crippen LogP contribution in [-0.2, 0) is 13.0 Å². The van der Waals surface area contributed by atoms with Crippen LogP contribution in [0.15, 0.2) is 47.5 Å². The number of hydrogen-bond donors (Lipinski definition) is 3. The van der Waals surface area contributed by atoms with Crippen LogP contribution < -0.4 is 20.1 Å². The summed E-state index contributed by atoms with van der Waals surface area (Å²) in [5, 5.41) is 16.4. The highest BCUT2D eigenvalue weighted by Crippen LogP contribution is 2.28. The van der Waals surface area contributed by atoms with Gasteiger partial charge < -0.3 is 25.2 Å². The monoisotopic (exact) mass is 355 g/mol. The van der Waals surface area contributed by atoms with Crippen LogP contribution in [0, 0.1) is 0 Å². The Morgan fingerprint density at radius 2 is 2.12 bits per heavy atom. The Labute approximate surface area is 153 Å². The number of fused-ring (bicyclic) bond motifs is 1. The van der Waals surface area contributed by atoms with E-state index in [1.165, 1.54) is 12.7 Å². The fraction of sp³-hybridized carbons (Fsp3) is 0.350. The van der Waals surface area contributed by atoms with Gasteiger partial charge in [0.2, 0.25) is 0 Å². The summed E-state index contributed by atoms with van der Waals surface area (Å²) in [5.74, 6) is 2.27. The van der Waals surface area contributed by atoms with E-state index >= 15 is 0 Å². The van der Waals surface area contributed by atoms with Crippen LogP contribution in [0.2, 0.25) is 0 Å². The van der Waals surface area contributed by atoms with E-state index in [-0.39, 0.29) is 11.9 Å². The molecule has 0 spiro atoms. The number of nitrogens with zero attached hydrogens (tertiary/aromatic N) is 1. The van der Waals surface area contributed by atoms with Gasteiger partial charge in [0.25, 0.3) is 0 Å². The van der Waals surface area contributed by atoms with Crippen LogP contribution in [0.5, 0.6) is 17.2 Å². The first-order valence-electron chi connectivity index (χ1n) is 8.82. The molecule has 26 heavy (non-hydrogen) atoms. The number of rotatable bonds is 6. The number of aliphatic imine (C=N–C) groups is 1. The van der Waals surface area contributed by atoms with E-state index in [1.807, 2.05) is 31.2 Å². The van der Waals surface area contributed by atoms with Gasteiger partial charge in [0.05, 0.1) is 20.2 Å². The molecule has 3 rings (SSSR count). The molecule has 0 amide bonds. The fourth-order valence-electron chi connectivity index (χ4n) is 2.92. The number of methoxy groups -OCH3 is 1. The van der Waals surface area contributed by atoms with Gasteiger partial charge in [0, 0.05) is 13.0 Å². The second-order valence-corrected chi connectivity index (χ2v) is 6.13. The third-order valence-corrected chi connectivity index (χ3v) is 4.22. The van der Waals surface area contributed by atoms with Crippen LogP contribution in [0.3, 0.4) is 0 Å². The predicted octanol–water partition coefficient (Wildman–Crippen LogP) is 2.46. The highest BCUT2D eigenvalue weighted by atomic mass is 16.5. The third kappa shape index (κ3) is 4.39. The summed E-state index contributed by atoms with van der Waals surface area (Å²) < 4.78 is 11.0. The van der Waals surface area contributed by atoms with Crippen molar-refractivity contribution < 1.29 is 14.6 Å². The molecule has 6 nitrogen and oxygen atoms in total. The molecule has 2 aromatic rings. The molecule has 0 fully saturated rings. The molecule has 1 atom stereocenters. The summed E-state index contributed by atoms with van der Waals surface area (Å²) in [4.78, 5) is 4.58. The molecule has 138 valence electrons. The minimum Gasteiger partial charge on any atom is -0.504 e. The van der Waals surface area contributed by atoms with Gasteiger partial charge in [-0.3, -0.25) is 0 Å². The van der Waals surface area contributed by atoms with Crippen LogP contribution in [0.1, 0.15) is 18.1 Å². The number of hydrogen-bond acceptors (Lipinski definition) is 4. The molecule has 0 bridgehead atoms. The molecule has 0 aliphatic carbocycles. The molecule has 0 saturated heterocycles. The molecule has 1 aliphatic rings. The molecule has 6 heteroatoms. The first-order valence-corrected chi connectivity index (χ1v) is 8.82. The number of nitrogens with one attached hydrogen (secondary N) is 2. The topological polar surface area (TPSA) is 75.1 Å². The SMILES string of the molecule is CCNC(=NCc1ccc(OC)c(O)c1)NCC1Cc2ccccc2O1. The number of guanidine groups is 1. The lowest BCUT2D eigenvalue weighted by Crippen LogP contribution is -2.42. The average Bonchev–Trinajstić information content (AvgIpc) is 3.07. The molecule has 3 N–H and O–H groups in total. The molecular weight excluding hydrogens is 330 g/mol. The fourth-order valence-corrected chi connectivity index (χ4v) is 2.92. The quantitative estimate of drug-likeness (QED) is 0.548. The van der Waals surface area contributed by atoms with Crippen molar-refractivity contribution >= 4 is 5.96 Å². The van der Waals surface area contributed by atoms with Crippen molar-refractivity contribution in [3.63, 3.8) is 0 Å². The zero-order chi connectivity index (χ0) is 18.4. The Kier molecular flexibility index (Phi) is 5.84. The van der Waals surface area contributed by atoms with E-state index in [0.29, 0.717) is 18.8 Å². The summed E-state index contributed by atoms with van der Waals surface area (Å²) in [5.41, 5.74) is 2.15. The van der Waals surface area contributed by atoms with Crippen LogP contribution in [0.25, 0.3) is 0 Å². The molecule has 0 radical (unpaired) electrons. The van der Waals surface area contributed by atoms with E-state index in [1.54, 1.807) is 12.1 Å². The first kappa shape index (κ1) is 17.9. The zero-order valence-corrected chi connectivity index (χ0v) is 15.2. The lowest BCUT2D eigenvalue weighted by Gasteiger charge is -2.15. The van der Waals surface area contributed by atoms with Crippen LogP contribution in [-0.4, -0.2) is 37.4 Å². The Morgan fingerprint density at radius 1 is 1.27 bits per heavy atom. The van der Waals surface area contributed by atoms with Gasteiger partial charge in [0.1, 0.15) is 11.9 Å². The normalized spacial score (nSPS) is 15.9. The zero-order valence-electron chi connectivity index (χ0n) is 15.2. The van der Waals surface area contributed by atoms with E-state index in [4.69, 9.17) is 9.47 Å². The maximum Gasteiger partial charge on any atom is 0.191 e. The summed E-state index contributed by atoms with van der Waals surface area (Å²) >= 11 is 0. The van der Waals surface area contributed by atoms with E-state index < -0.39 is 0 Å². The highest BCUT2D eigenvalue weighted by molar-refractivity contribution is 5.79. The van der Waals surface area contributed by atoms with Gasteiger partial charge in [-0.05, 0) is 36.2 Å². The second-order valence-electron chi connectivity index (χ2n) is 6.13. The van der Waals surface area contributed by atoms with Gasteiger partial charge >= 0.3 is 0 Å². The number of benzene rings is 2.